The Balaban J connectivity index is 1.85. The lowest BCUT2D eigenvalue weighted by Gasteiger charge is -2.30. The number of piperazine rings is 1. The summed E-state index contributed by atoms with van der Waals surface area (Å²) in [6.45, 7) is 12.2. The lowest BCUT2D eigenvalue weighted by Crippen LogP contribution is -3.28. The first-order valence-electron chi connectivity index (χ1n) is 10.2. The molecule has 0 saturated carbocycles. The van der Waals surface area contributed by atoms with Crippen molar-refractivity contribution in [3.05, 3.63) is 23.3 Å². The molecule has 0 radical (unpaired) electrons. The van der Waals surface area contributed by atoms with Crippen LogP contribution in [0.3, 0.4) is 0 Å². The maximum atomic E-state index is 12.2. The van der Waals surface area contributed by atoms with Crippen LogP contribution in [0.2, 0.25) is 0 Å². The topological polar surface area (TPSA) is 56.4 Å². The summed E-state index contributed by atoms with van der Waals surface area (Å²) >= 11 is 0. The zero-order valence-electron chi connectivity index (χ0n) is 17.6. The minimum atomic E-state index is 0.192. The molecule has 0 atom stereocenters. The van der Waals surface area contributed by atoms with E-state index < -0.39 is 0 Å². The standard InChI is InChI=1S/C21H35N3O3/c1-6-18(7-2)22-21(25)15-24-10-8-23(9-11-24)14-17-13-20(27-5)19(26-4)12-16(17)3/h12-13,18H,6-11,14-15H2,1-5H3,(H,22,25)/p+2. The fraction of sp³-hybridized carbons (Fsp3) is 0.667. The van der Waals surface area contributed by atoms with E-state index >= 15 is 0 Å². The number of carbonyl (C=O) groups is 1. The predicted molar refractivity (Wildman–Crippen MR) is 107 cm³/mol. The van der Waals surface area contributed by atoms with Crippen molar-refractivity contribution in [1.82, 2.24) is 5.32 Å². The number of aryl methyl sites for hydroxylation is 1. The summed E-state index contributed by atoms with van der Waals surface area (Å²) in [5.41, 5.74) is 2.54. The van der Waals surface area contributed by atoms with Crippen LogP contribution in [0.4, 0.5) is 0 Å². The Morgan fingerprint density at radius 2 is 1.59 bits per heavy atom. The molecule has 1 aromatic carbocycles. The maximum Gasteiger partial charge on any atom is 0.275 e. The molecule has 1 aliphatic rings. The summed E-state index contributed by atoms with van der Waals surface area (Å²) < 4.78 is 10.8. The van der Waals surface area contributed by atoms with E-state index in [1.807, 2.05) is 0 Å². The zero-order valence-corrected chi connectivity index (χ0v) is 17.6. The Hall–Kier alpha value is -1.79. The molecule has 1 aliphatic heterocycles. The minimum absolute atomic E-state index is 0.192. The fourth-order valence-electron chi connectivity index (χ4n) is 3.79. The van der Waals surface area contributed by atoms with Gasteiger partial charge in [0.1, 0.15) is 32.7 Å². The van der Waals surface area contributed by atoms with Crippen LogP contribution >= 0.6 is 0 Å². The molecule has 0 aliphatic carbocycles. The number of ether oxygens (including phenoxy) is 2. The summed E-state index contributed by atoms with van der Waals surface area (Å²) in [6, 6.07) is 4.47. The zero-order chi connectivity index (χ0) is 19.8. The molecule has 1 heterocycles. The summed E-state index contributed by atoms with van der Waals surface area (Å²) in [7, 11) is 3.35. The Bertz CT molecular complexity index is 609. The van der Waals surface area contributed by atoms with Crippen molar-refractivity contribution in [1.29, 1.82) is 0 Å². The Morgan fingerprint density at radius 1 is 1.04 bits per heavy atom. The highest BCUT2D eigenvalue weighted by Gasteiger charge is 2.26. The van der Waals surface area contributed by atoms with E-state index in [4.69, 9.17) is 9.47 Å². The number of hydrogen-bond donors (Lipinski definition) is 3. The van der Waals surface area contributed by atoms with Gasteiger partial charge in [0.25, 0.3) is 5.91 Å². The van der Waals surface area contributed by atoms with Crippen LogP contribution in [-0.4, -0.2) is 58.9 Å². The van der Waals surface area contributed by atoms with Gasteiger partial charge in [0.05, 0.1) is 14.2 Å². The van der Waals surface area contributed by atoms with Gasteiger partial charge in [-0.1, -0.05) is 13.8 Å². The summed E-state index contributed by atoms with van der Waals surface area (Å²) in [4.78, 5) is 15.2. The molecular formula is C21H37N3O3+2. The fourth-order valence-corrected chi connectivity index (χ4v) is 3.79. The second-order valence-electron chi connectivity index (χ2n) is 7.57. The van der Waals surface area contributed by atoms with Crippen molar-refractivity contribution in [3.8, 4) is 11.5 Å². The van der Waals surface area contributed by atoms with Crippen molar-refractivity contribution < 1.29 is 24.1 Å². The molecule has 152 valence electrons. The van der Waals surface area contributed by atoms with Crippen LogP contribution in [-0.2, 0) is 11.3 Å². The molecule has 2 rings (SSSR count). The third-order valence-electron chi connectivity index (χ3n) is 5.71. The van der Waals surface area contributed by atoms with Crippen LogP contribution in [0.25, 0.3) is 0 Å². The number of benzene rings is 1. The highest BCUT2D eigenvalue weighted by Crippen LogP contribution is 2.29. The molecule has 6 heteroatoms. The Labute approximate surface area is 163 Å². The molecule has 6 nitrogen and oxygen atoms in total. The molecule has 0 unspecified atom stereocenters. The Kier molecular flexibility index (Phi) is 8.38. The van der Waals surface area contributed by atoms with Gasteiger partial charge in [-0.2, -0.15) is 0 Å². The molecule has 3 N–H and O–H groups in total. The second-order valence-corrected chi connectivity index (χ2v) is 7.57. The highest BCUT2D eigenvalue weighted by molar-refractivity contribution is 5.77. The van der Waals surface area contributed by atoms with Gasteiger partial charge in [-0.05, 0) is 37.5 Å². The van der Waals surface area contributed by atoms with Gasteiger partial charge in [0.2, 0.25) is 0 Å². The van der Waals surface area contributed by atoms with Gasteiger partial charge in [-0.25, -0.2) is 0 Å². The third-order valence-corrected chi connectivity index (χ3v) is 5.71. The molecule has 1 saturated heterocycles. The van der Waals surface area contributed by atoms with Crippen LogP contribution in [0.5, 0.6) is 11.5 Å². The van der Waals surface area contributed by atoms with Crippen LogP contribution in [0, 0.1) is 6.92 Å². The molecule has 0 bridgehead atoms. The second kappa shape index (κ2) is 10.5. The van der Waals surface area contributed by atoms with E-state index in [2.05, 4.69) is 38.2 Å². The van der Waals surface area contributed by atoms with E-state index in [1.165, 1.54) is 16.0 Å². The van der Waals surface area contributed by atoms with Crippen molar-refractivity contribution in [2.75, 3.05) is 46.9 Å². The minimum Gasteiger partial charge on any atom is -0.493 e. The van der Waals surface area contributed by atoms with E-state index in [9.17, 15) is 4.79 Å². The molecule has 27 heavy (non-hydrogen) atoms. The number of quaternary nitrogens is 2. The average Bonchev–Trinajstić information content (AvgIpc) is 2.68. The smallest absolute Gasteiger partial charge is 0.275 e. The van der Waals surface area contributed by atoms with E-state index in [-0.39, 0.29) is 5.91 Å². The van der Waals surface area contributed by atoms with Crippen molar-refractivity contribution in [2.45, 2.75) is 46.2 Å². The van der Waals surface area contributed by atoms with E-state index in [1.54, 1.807) is 19.1 Å². The molecule has 0 spiro atoms. The Morgan fingerprint density at radius 3 is 2.15 bits per heavy atom. The summed E-state index contributed by atoms with van der Waals surface area (Å²) in [6.07, 6.45) is 2.00. The van der Waals surface area contributed by atoms with Gasteiger partial charge < -0.3 is 24.6 Å². The van der Waals surface area contributed by atoms with Crippen LogP contribution in [0.1, 0.15) is 37.8 Å². The SMILES string of the molecule is CCC(CC)NC(=O)C[NH+]1CC[NH+](Cc2cc(OC)c(OC)cc2C)CC1. The van der Waals surface area contributed by atoms with Crippen LogP contribution < -0.4 is 24.6 Å². The number of methoxy groups -OCH3 is 2. The van der Waals surface area contributed by atoms with Crippen molar-refractivity contribution >= 4 is 5.91 Å². The maximum absolute atomic E-state index is 12.2. The molecule has 1 aromatic rings. The van der Waals surface area contributed by atoms with Crippen molar-refractivity contribution in [2.24, 2.45) is 0 Å². The molecule has 1 fully saturated rings. The van der Waals surface area contributed by atoms with Gasteiger partial charge in [0, 0.05) is 11.6 Å². The van der Waals surface area contributed by atoms with Crippen molar-refractivity contribution in [3.63, 3.8) is 0 Å². The molecular weight excluding hydrogens is 342 g/mol. The average molecular weight is 380 g/mol. The van der Waals surface area contributed by atoms with Gasteiger partial charge >= 0.3 is 0 Å². The normalized spacial score (nSPS) is 19.8. The molecule has 1 amide bonds. The lowest BCUT2D eigenvalue weighted by molar-refractivity contribution is -1.02. The number of nitrogens with one attached hydrogen (secondary N) is 3. The molecule has 0 aromatic heterocycles. The number of carbonyl (C=O) groups excluding carboxylic acids is 1. The predicted octanol–water partition coefficient (Wildman–Crippen LogP) is -0.400. The monoisotopic (exact) mass is 379 g/mol. The first kappa shape index (κ1) is 21.5. The number of rotatable bonds is 9. The van der Waals surface area contributed by atoms with E-state index in [0.717, 1.165) is 57.1 Å². The summed E-state index contributed by atoms with van der Waals surface area (Å²) in [5.74, 6) is 1.77. The van der Waals surface area contributed by atoms with E-state index in [0.29, 0.717) is 12.6 Å². The highest BCUT2D eigenvalue weighted by atomic mass is 16.5. The third kappa shape index (κ3) is 6.11. The van der Waals surface area contributed by atoms with Gasteiger partial charge in [-0.3, -0.25) is 4.79 Å². The largest absolute Gasteiger partial charge is 0.493 e. The first-order chi connectivity index (χ1) is 13.0. The van der Waals surface area contributed by atoms with Gasteiger partial charge in [-0.15, -0.1) is 0 Å². The lowest BCUT2D eigenvalue weighted by atomic mass is 10.1. The number of amides is 1. The van der Waals surface area contributed by atoms with Crippen LogP contribution in [0.15, 0.2) is 12.1 Å². The number of hydrogen-bond acceptors (Lipinski definition) is 3. The quantitative estimate of drug-likeness (QED) is 0.547. The first-order valence-corrected chi connectivity index (χ1v) is 10.2. The summed E-state index contributed by atoms with van der Waals surface area (Å²) in [5, 5.41) is 3.15. The van der Waals surface area contributed by atoms with Gasteiger partial charge in [0.15, 0.2) is 18.0 Å².